The van der Waals surface area contributed by atoms with Gasteiger partial charge in [0.25, 0.3) is 5.91 Å². The van der Waals surface area contributed by atoms with Crippen molar-refractivity contribution >= 4 is 44.7 Å². The Bertz CT molecular complexity index is 734. The van der Waals surface area contributed by atoms with Gasteiger partial charge < -0.3 is 11.1 Å². The minimum absolute atomic E-state index is 0.0214. The molecule has 0 heterocycles. The van der Waals surface area contributed by atoms with Crippen LogP contribution in [0.1, 0.15) is 21.5 Å². The highest BCUT2D eigenvalue weighted by atomic mass is 79.9. The zero-order chi connectivity index (χ0) is 15.6. The zero-order valence-electron chi connectivity index (χ0n) is 11.1. The minimum Gasteiger partial charge on any atom is -0.389 e. The third kappa shape index (κ3) is 3.46. The summed E-state index contributed by atoms with van der Waals surface area (Å²) in [5.74, 6) is -0.790. The predicted molar refractivity (Wildman–Crippen MR) is 89.1 cm³/mol. The fourth-order valence-electron chi connectivity index (χ4n) is 1.84. The zero-order valence-corrected chi connectivity index (χ0v) is 13.5. The lowest BCUT2D eigenvalue weighted by Crippen LogP contribution is -2.18. The van der Waals surface area contributed by atoms with Gasteiger partial charge in [-0.15, -0.1) is 0 Å². The van der Waals surface area contributed by atoms with Gasteiger partial charge in [-0.3, -0.25) is 4.79 Å². The number of rotatable bonds is 3. The Hall–Kier alpha value is -1.79. The van der Waals surface area contributed by atoms with Crippen molar-refractivity contribution in [3.05, 3.63) is 63.4 Å². The Balaban J connectivity index is 2.36. The number of nitrogens with one attached hydrogen (secondary N) is 1. The summed E-state index contributed by atoms with van der Waals surface area (Å²) in [5.41, 5.74) is 7.65. The van der Waals surface area contributed by atoms with Gasteiger partial charge in [-0.05, 0) is 52.7 Å². The lowest BCUT2D eigenvalue weighted by molar-refractivity contribution is 0.102. The average molecular weight is 367 g/mol. The quantitative estimate of drug-likeness (QED) is 0.812. The fraction of sp³-hybridized carbons (Fsp3) is 0.0667. The maximum atomic E-state index is 13.2. The molecule has 0 aromatic heterocycles. The van der Waals surface area contributed by atoms with Crippen molar-refractivity contribution in [2.24, 2.45) is 5.73 Å². The van der Waals surface area contributed by atoms with E-state index in [0.717, 1.165) is 5.56 Å². The summed E-state index contributed by atoms with van der Waals surface area (Å²) >= 11 is 8.26. The third-order valence-corrected chi connectivity index (χ3v) is 4.20. The molecule has 0 spiro atoms. The average Bonchev–Trinajstić information content (AvgIpc) is 2.43. The van der Waals surface area contributed by atoms with Gasteiger partial charge in [0.15, 0.2) is 0 Å². The van der Waals surface area contributed by atoms with E-state index >= 15 is 0 Å². The first kappa shape index (κ1) is 15.6. The highest BCUT2D eigenvalue weighted by Gasteiger charge is 2.14. The highest BCUT2D eigenvalue weighted by molar-refractivity contribution is 9.10. The lowest BCUT2D eigenvalue weighted by Gasteiger charge is -2.12. The van der Waals surface area contributed by atoms with E-state index in [2.05, 4.69) is 21.2 Å². The molecule has 0 aliphatic carbocycles. The molecular formula is C15H12BrFN2OS. The van der Waals surface area contributed by atoms with Crippen LogP contribution in [0.4, 0.5) is 10.1 Å². The molecule has 2 aromatic rings. The van der Waals surface area contributed by atoms with E-state index in [4.69, 9.17) is 18.0 Å². The van der Waals surface area contributed by atoms with Crippen molar-refractivity contribution in [3.63, 3.8) is 0 Å². The fourth-order valence-corrected chi connectivity index (χ4v) is 2.46. The SMILES string of the molecule is Cc1cccc(C(=O)Nc2ccc(F)cc2C(N)=S)c1Br. The Labute approximate surface area is 135 Å². The molecule has 21 heavy (non-hydrogen) atoms. The molecule has 0 saturated carbocycles. The van der Waals surface area contributed by atoms with Crippen LogP contribution < -0.4 is 11.1 Å². The Morgan fingerprint density at radius 3 is 2.67 bits per heavy atom. The van der Waals surface area contributed by atoms with Crippen LogP contribution in [-0.2, 0) is 0 Å². The molecule has 2 rings (SSSR count). The summed E-state index contributed by atoms with van der Waals surface area (Å²) < 4.78 is 14.0. The first-order valence-corrected chi connectivity index (χ1v) is 7.26. The van der Waals surface area contributed by atoms with Crippen LogP contribution >= 0.6 is 28.1 Å². The number of benzene rings is 2. The Morgan fingerprint density at radius 1 is 1.29 bits per heavy atom. The van der Waals surface area contributed by atoms with Gasteiger partial charge >= 0.3 is 0 Å². The molecular weight excluding hydrogens is 355 g/mol. The van der Waals surface area contributed by atoms with Crippen LogP contribution in [0.3, 0.4) is 0 Å². The number of halogens is 2. The second-order valence-corrected chi connectivity index (χ2v) is 5.68. The van der Waals surface area contributed by atoms with Crippen molar-refractivity contribution in [1.29, 1.82) is 0 Å². The summed E-state index contributed by atoms with van der Waals surface area (Å²) in [6.07, 6.45) is 0. The van der Waals surface area contributed by atoms with E-state index in [9.17, 15) is 9.18 Å². The number of aryl methyl sites for hydroxylation is 1. The molecule has 0 radical (unpaired) electrons. The predicted octanol–water partition coefficient (Wildman–Crippen LogP) is 3.78. The smallest absolute Gasteiger partial charge is 0.256 e. The third-order valence-electron chi connectivity index (χ3n) is 2.93. The van der Waals surface area contributed by atoms with Gasteiger partial charge in [0.05, 0.1) is 11.3 Å². The molecule has 3 N–H and O–H groups in total. The van der Waals surface area contributed by atoms with Gasteiger partial charge in [0.1, 0.15) is 10.8 Å². The molecule has 1 amide bonds. The number of anilines is 1. The van der Waals surface area contributed by atoms with Crippen molar-refractivity contribution < 1.29 is 9.18 Å². The Kier molecular flexibility index (Phi) is 4.69. The first-order valence-electron chi connectivity index (χ1n) is 6.06. The van der Waals surface area contributed by atoms with Gasteiger partial charge in [-0.25, -0.2) is 4.39 Å². The van der Waals surface area contributed by atoms with E-state index in [1.165, 1.54) is 18.2 Å². The minimum atomic E-state index is -0.465. The highest BCUT2D eigenvalue weighted by Crippen LogP contribution is 2.23. The normalized spacial score (nSPS) is 10.2. The summed E-state index contributed by atoms with van der Waals surface area (Å²) in [7, 11) is 0. The van der Waals surface area contributed by atoms with Gasteiger partial charge in [0.2, 0.25) is 0 Å². The number of carbonyl (C=O) groups is 1. The maximum absolute atomic E-state index is 13.2. The molecule has 0 saturated heterocycles. The molecule has 0 bridgehead atoms. The number of thiocarbonyl (C=S) groups is 1. The molecule has 0 unspecified atom stereocenters. The summed E-state index contributed by atoms with van der Waals surface area (Å²) in [6.45, 7) is 1.89. The topological polar surface area (TPSA) is 55.1 Å². The number of carbonyl (C=O) groups excluding carboxylic acids is 1. The standard InChI is InChI=1S/C15H12BrFN2OS/c1-8-3-2-4-10(13(8)16)15(20)19-12-6-5-9(17)7-11(12)14(18)21/h2-7H,1H3,(H2,18,21)(H,19,20). The van der Waals surface area contributed by atoms with Crippen LogP contribution in [0.2, 0.25) is 0 Å². The van der Waals surface area contributed by atoms with Gasteiger partial charge in [-0.1, -0.05) is 24.4 Å². The largest absolute Gasteiger partial charge is 0.389 e. The van der Waals surface area contributed by atoms with E-state index in [-0.39, 0.29) is 10.9 Å². The molecule has 3 nitrogen and oxygen atoms in total. The molecule has 0 fully saturated rings. The number of amides is 1. The van der Waals surface area contributed by atoms with Crippen LogP contribution in [0.15, 0.2) is 40.9 Å². The van der Waals surface area contributed by atoms with Crippen LogP contribution in [-0.4, -0.2) is 10.9 Å². The van der Waals surface area contributed by atoms with Crippen LogP contribution in [0.5, 0.6) is 0 Å². The second kappa shape index (κ2) is 6.32. The summed E-state index contributed by atoms with van der Waals surface area (Å²) in [5, 5.41) is 2.70. The van der Waals surface area contributed by atoms with E-state index in [1.807, 2.05) is 13.0 Å². The molecule has 0 aliphatic heterocycles. The van der Waals surface area contributed by atoms with Crippen LogP contribution in [0, 0.1) is 12.7 Å². The first-order chi connectivity index (χ1) is 9.90. The van der Waals surface area contributed by atoms with E-state index < -0.39 is 5.82 Å². The van der Waals surface area contributed by atoms with Crippen molar-refractivity contribution in [3.8, 4) is 0 Å². The molecule has 6 heteroatoms. The van der Waals surface area contributed by atoms with E-state index in [1.54, 1.807) is 12.1 Å². The van der Waals surface area contributed by atoms with Crippen LogP contribution in [0.25, 0.3) is 0 Å². The number of hydrogen-bond donors (Lipinski definition) is 2. The monoisotopic (exact) mass is 366 g/mol. The second-order valence-electron chi connectivity index (χ2n) is 4.44. The Morgan fingerprint density at radius 2 is 2.00 bits per heavy atom. The molecule has 108 valence electrons. The molecule has 2 aromatic carbocycles. The maximum Gasteiger partial charge on any atom is 0.256 e. The summed E-state index contributed by atoms with van der Waals surface area (Å²) in [4.78, 5) is 12.3. The van der Waals surface area contributed by atoms with Crippen molar-refractivity contribution in [2.75, 3.05) is 5.32 Å². The molecule has 0 aliphatic rings. The van der Waals surface area contributed by atoms with Gasteiger partial charge in [-0.2, -0.15) is 0 Å². The van der Waals surface area contributed by atoms with Gasteiger partial charge in [0, 0.05) is 10.0 Å². The van der Waals surface area contributed by atoms with Crippen molar-refractivity contribution in [2.45, 2.75) is 6.92 Å². The van der Waals surface area contributed by atoms with E-state index in [0.29, 0.717) is 21.3 Å². The number of nitrogens with two attached hydrogens (primary N) is 1. The number of hydrogen-bond acceptors (Lipinski definition) is 2. The van der Waals surface area contributed by atoms with Crippen molar-refractivity contribution in [1.82, 2.24) is 0 Å². The lowest BCUT2D eigenvalue weighted by atomic mass is 10.1. The summed E-state index contributed by atoms with van der Waals surface area (Å²) in [6, 6.07) is 9.24. The molecule has 0 atom stereocenters.